The molecule has 2 aliphatic carbocycles. The molecule has 2 bridgehead atoms. The first-order chi connectivity index (χ1) is 9.82. The molecule has 4 nitrogen and oxygen atoms in total. The molecular weight excluding hydrogens is 300 g/mol. The summed E-state index contributed by atoms with van der Waals surface area (Å²) in [6.45, 7) is 7.00. The number of ether oxygens (including phenoxy) is 1. The molecule has 0 aromatic carbocycles. The van der Waals surface area contributed by atoms with Gasteiger partial charge in [0.25, 0.3) is 0 Å². The number of carbonyl (C=O) groups is 1. The lowest BCUT2D eigenvalue weighted by Gasteiger charge is -2.43. The molecule has 130 valence electrons. The topological polar surface area (TPSA) is 64.3 Å². The molecule has 3 atom stereocenters. The lowest BCUT2D eigenvalue weighted by Crippen LogP contribution is -2.50. The van der Waals surface area contributed by atoms with Crippen LogP contribution in [0.15, 0.2) is 0 Å². The predicted molar refractivity (Wildman–Crippen MR) is 92.0 cm³/mol. The molecule has 2 aliphatic rings. The minimum Gasteiger partial charge on any atom is -0.379 e. The Labute approximate surface area is 141 Å². The number of hydrogen-bond acceptors (Lipinski definition) is 3. The Balaban J connectivity index is 0.00000242. The molecule has 5 heteroatoms. The van der Waals surface area contributed by atoms with Crippen molar-refractivity contribution in [2.75, 3.05) is 13.7 Å². The molecule has 3 N–H and O–H groups in total. The third-order valence-corrected chi connectivity index (χ3v) is 5.50. The van der Waals surface area contributed by atoms with E-state index < -0.39 is 0 Å². The van der Waals surface area contributed by atoms with Crippen molar-refractivity contribution in [3.05, 3.63) is 0 Å². The average Bonchev–Trinajstić information content (AvgIpc) is 2.37. The lowest BCUT2D eigenvalue weighted by atomic mass is 9.65. The van der Waals surface area contributed by atoms with E-state index in [-0.39, 0.29) is 35.8 Å². The van der Waals surface area contributed by atoms with Crippen molar-refractivity contribution >= 4 is 18.3 Å². The van der Waals surface area contributed by atoms with Gasteiger partial charge in [0.2, 0.25) is 5.91 Å². The number of methoxy groups -OCH3 is 1. The summed E-state index contributed by atoms with van der Waals surface area (Å²) in [6, 6.07) is 0.323. The zero-order valence-corrected chi connectivity index (χ0v) is 15.2. The van der Waals surface area contributed by atoms with Gasteiger partial charge in [-0.05, 0) is 42.9 Å². The highest BCUT2D eigenvalue weighted by Gasteiger charge is 2.40. The number of fused-ring (bicyclic) bond motifs is 2. The minimum atomic E-state index is 0. The molecule has 2 rings (SSSR count). The van der Waals surface area contributed by atoms with Crippen LogP contribution in [0.3, 0.4) is 0 Å². The fraction of sp³-hybridized carbons (Fsp3) is 0.941. The summed E-state index contributed by atoms with van der Waals surface area (Å²) in [6.07, 6.45) is 5.67. The maximum atomic E-state index is 12.5. The first-order valence-electron chi connectivity index (χ1n) is 8.39. The number of hydrogen-bond donors (Lipinski definition) is 2. The van der Waals surface area contributed by atoms with Crippen molar-refractivity contribution in [3.63, 3.8) is 0 Å². The highest BCUT2D eigenvalue weighted by Crippen LogP contribution is 2.41. The average molecular weight is 333 g/mol. The van der Waals surface area contributed by atoms with Crippen LogP contribution in [0.4, 0.5) is 0 Å². The molecule has 0 heterocycles. The van der Waals surface area contributed by atoms with Crippen LogP contribution < -0.4 is 11.1 Å². The standard InChI is InChI=1S/C17H32N2O2.ClH/c1-17(2,3)14(21-4)10-19-16(20)13-8-11-6-5-7-12(9-13)15(11)18;/h11-15H,5-10,18H2,1-4H3,(H,19,20);1H. The van der Waals surface area contributed by atoms with Crippen molar-refractivity contribution in [3.8, 4) is 0 Å². The highest BCUT2D eigenvalue weighted by atomic mass is 35.5. The van der Waals surface area contributed by atoms with Crippen LogP contribution in [-0.4, -0.2) is 31.7 Å². The molecule has 22 heavy (non-hydrogen) atoms. The molecule has 3 unspecified atom stereocenters. The first kappa shape index (κ1) is 19.7. The summed E-state index contributed by atoms with van der Waals surface area (Å²) in [5.74, 6) is 1.45. The Morgan fingerprint density at radius 1 is 1.27 bits per heavy atom. The van der Waals surface area contributed by atoms with Crippen LogP contribution in [0, 0.1) is 23.2 Å². The van der Waals surface area contributed by atoms with E-state index in [0.29, 0.717) is 24.4 Å². The number of rotatable bonds is 4. The smallest absolute Gasteiger partial charge is 0.223 e. The molecule has 0 aliphatic heterocycles. The van der Waals surface area contributed by atoms with Crippen LogP contribution in [0.1, 0.15) is 52.9 Å². The zero-order chi connectivity index (χ0) is 15.6. The molecule has 1 amide bonds. The van der Waals surface area contributed by atoms with Gasteiger partial charge in [-0.2, -0.15) is 0 Å². The van der Waals surface area contributed by atoms with Gasteiger partial charge in [0.05, 0.1) is 6.10 Å². The second-order valence-electron chi connectivity index (χ2n) is 8.03. The molecule has 2 fully saturated rings. The van der Waals surface area contributed by atoms with Gasteiger partial charge in [-0.25, -0.2) is 0 Å². The van der Waals surface area contributed by atoms with Crippen LogP contribution >= 0.6 is 12.4 Å². The van der Waals surface area contributed by atoms with Crippen LogP contribution in [0.2, 0.25) is 0 Å². The number of amides is 1. The molecule has 0 radical (unpaired) electrons. The number of nitrogens with two attached hydrogens (primary N) is 1. The molecule has 0 aromatic heterocycles. The third-order valence-electron chi connectivity index (χ3n) is 5.50. The fourth-order valence-corrected chi connectivity index (χ4v) is 4.08. The Morgan fingerprint density at radius 3 is 2.27 bits per heavy atom. The van der Waals surface area contributed by atoms with Gasteiger partial charge in [-0.15, -0.1) is 12.4 Å². The zero-order valence-electron chi connectivity index (χ0n) is 14.4. The minimum absolute atomic E-state index is 0. The van der Waals surface area contributed by atoms with Gasteiger partial charge in [0, 0.05) is 25.6 Å². The van der Waals surface area contributed by atoms with Crippen molar-refractivity contribution in [2.45, 2.75) is 65.0 Å². The Hall–Kier alpha value is -0.320. The van der Waals surface area contributed by atoms with E-state index in [1.807, 2.05) is 0 Å². The van der Waals surface area contributed by atoms with Crippen molar-refractivity contribution < 1.29 is 9.53 Å². The first-order valence-corrected chi connectivity index (χ1v) is 8.39. The van der Waals surface area contributed by atoms with Crippen molar-refractivity contribution in [2.24, 2.45) is 28.9 Å². The van der Waals surface area contributed by atoms with Crippen molar-refractivity contribution in [1.82, 2.24) is 5.32 Å². The normalized spacial score (nSPS) is 32.8. The summed E-state index contributed by atoms with van der Waals surface area (Å²) in [5, 5.41) is 3.11. The van der Waals surface area contributed by atoms with E-state index in [4.69, 9.17) is 10.5 Å². The van der Waals surface area contributed by atoms with Crippen LogP contribution in [0.5, 0.6) is 0 Å². The van der Waals surface area contributed by atoms with Crippen LogP contribution in [0.25, 0.3) is 0 Å². The largest absolute Gasteiger partial charge is 0.379 e. The van der Waals surface area contributed by atoms with E-state index in [9.17, 15) is 4.79 Å². The molecular formula is C17H33ClN2O2. The second-order valence-corrected chi connectivity index (χ2v) is 8.03. The maximum absolute atomic E-state index is 12.5. The third kappa shape index (κ3) is 4.59. The maximum Gasteiger partial charge on any atom is 0.223 e. The molecule has 0 aromatic rings. The van der Waals surface area contributed by atoms with E-state index in [1.54, 1.807) is 7.11 Å². The number of nitrogens with one attached hydrogen (secondary N) is 1. The Kier molecular flexibility index (Phi) is 7.16. The summed E-state index contributed by atoms with van der Waals surface area (Å²) < 4.78 is 5.51. The van der Waals surface area contributed by atoms with Gasteiger partial charge >= 0.3 is 0 Å². The van der Waals surface area contributed by atoms with Crippen molar-refractivity contribution in [1.29, 1.82) is 0 Å². The SMILES string of the molecule is COC(CNC(=O)C1CC2CCCC(C1)C2N)C(C)(C)C.Cl. The van der Waals surface area contributed by atoms with Gasteiger partial charge in [0.1, 0.15) is 0 Å². The van der Waals surface area contributed by atoms with Crippen LogP contribution in [-0.2, 0) is 9.53 Å². The van der Waals surface area contributed by atoms with Gasteiger partial charge in [0.15, 0.2) is 0 Å². The van der Waals surface area contributed by atoms with E-state index in [2.05, 4.69) is 26.1 Å². The molecule has 0 saturated heterocycles. The Morgan fingerprint density at radius 2 is 1.82 bits per heavy atom. The summed E-state index contributed by atoms with van der Waals surface area (Å²) in [4.78, 5) is 12.5. The van der Waals surface area contributed by atoms with E-state index >= 15 is 0 Å². The molecule has 2 saturated carbocycles. The van der Waals surface area contributed by atoms with Gasteiger partial charge in [-0.3, -0.25) is 4.79 Å². The second kappa shape index (κ2) is 7.98. The summed E-state index contributed by atoms with van der Waals surface area (Å²) in [5.41, 5.74) is 6.33. The summed E-state index contributed by atoms with van der Waals surface area (Å²) in [7, 11) is 1.71. The van der Waals surface area contributed by atoms with Gasteiger partial charge < -0.3 is 15.8 Å². The lowest BCUT2D eigenvalue weighted by molar-refractivity contribution is -0.128. The van der Waals surface area contributed by atoms with E-state index in [1.165, 1.54) is 19.3 Å². The quantitative estimate of drug-likeness (QED) is 0.832. The number of carbonyl (C=O) groups excluding carboxylic acids is 1. The monoisotopic (exact) mass is 332 g/mol. The predicted octanol–water partition coefficient (Wildman–Crippen LogP) is 2.74. The number of halogens is 1. The fourth-order valence-electron chi connectivity index (χ4n) is 4.08. The Bertz CT molecular complexity index is 356. The van der Waals surface area contributed by atoms with Gasteiger partial charge in [-0.1, -0.05) is 27.2 Å². The molecule has 0 spiro atoms. The highest BCUT2D eigenvalue weighted by molar-refractivity contribution is 5.85. The summed E-state index contributed by atoms with van der Waals surface area (Å²) >= 11 is 0. The van der Waals surface area contributed by atoms with E-state index in [0.717, 1.165) is 12.8 Å².